The Bertz CT molecular complexity index is 795. The molecule has 0 aliphatic carbocycles. The van der Waals surface area contributed by atoms with E-state index in [0.717, 1.165) is 54.5 Å². The van der Waals surface area contributed by atoms with Gasteiger partial charge in [0.05, 0.1) is 17.6 Å². The molecule has 0 fully saturated rings. The summed E-state index contributed by atoms with van der Waals surface area (Å²) in [6, 6.07) is 17.9. The zero-order chi connectivity index (χ0) is 18.0. The van der Waals surface area contributed by atoms with Crippen LogP contribution >= 0.6 is 0 Å². The molecule has 0 spiro atoms. The topological polar surface area (TPSA) is 74.3 Å². The lowest BCUT2D eigenvalue weighted by molar-refractivity contribution is 0.311. The number of H-pyrrole nitrogens is 1. The normalized spacial score (nSPS) is 11.5. The van der Waals surface area contributed by atoms with Gasteiger partial charge < -0.3 is 20.4 Å². The van der Waals surface area contributed by atoms with Gasteiger partial charge in [-0.05, 0) is 30.7 Å². The fourth-order valence-electron chi connectivity index (χ4n) is 2.63. The number of benzene rings is 2. The minimum Gasteiger partial charge on any atom is -0.494 e. The predicted molar refractivity (Wildman–Crippen MR) is 106 cm³/mol. The van der Waals surface area contributed by atoms with E-state index in [1.807, 2.05) is 54.6 Å². The van der Waals surface area contributed by atoms with E-state index in [0.29, 0.717) is 6.61 Å². The van der Waals surface area contributed by atoms with Crippen molar-refractivity contribution in [1.29, 1.82) is 0 Å². The zero-order valence-electron chi connectivity index (χ0n) is 15.0. The van der Waals surface area contributed by atoms with Gasteiger partial charge in [0.15, 0.2) is 5.96 Å². The fraction of sp³-hybridized carbons (Fsp3) is 0.300. The van der Waals surface area contributed by atoms with Crippen LogP contribution < -0.4 is 15.4 Å². The van der Waals surface area contributed by atoms with Crippen LogP contribution in [-0.2, 0) is 6.42 Å². The van der Waals surface area contributed by atoms with E-state index in [1.165, 1.54) is 0 Å². The molecule has 0 amide bonds. The molecule has 0 radical (unpaired) electrons. The second-order valence-electron chi connectivity index (χ2n) is 5.89. The highest BCUT2D eigenvalue weighted by molar-refractivity contribution is 5.79. The van der Waals surface area contributed by atoms with Crippen molar-refractivity contribution >= 4 is 17.0 Å². The highest BCUT2D eigenvalue weighted by Crippen LogP contribution is 2.10. The first-order valence-electron chi connectivity index (χ1n) is 8.91. The van der Waals surface area contributed by atoms with Gasteiger partial charge in [0.25, 0.3) is 0 Å². The molecule has 3 rings (SSSR count). The number of imidazole rings is 1. The first-order chi connectivity index (χ1) is 12.8. The number of hydrogen-bond donors (Lipinski definition) is 3. The van der Waals surface area contributed by atoms with Gasteiger partial charge in [0.1, 0.15) is 11.6 Å². The van der Waals surface area contributed by atoms with E-state index in [2.05, 4.69) is 25.6 Å². The molecule has 0 bridgehead atoms. The van der Waals surface area contributed by atoms with Crippen molar-refractivity contribution in [1.82, 2.24) is 20.6 Å². The van der Waals surface area contributed by atoms with E-state index in [-0.39, 0.29) is 0 Å². The number of aromatic nitrogens is 2. The first kappa shape index (κ1) is 17.8. The number of rotatable bonds is 8. The number of aromatic amines is 1. The van der Waals surface area contributed by atoms with E-state index < -0.39 is 0 Å². The van der Waals surface area contributed by atoms with Crippen LogP contribution in [0.2, 0.25) is 0 Å². The van der Waals surface area contributed by atoms with Gasteiger partial charge >= 0.3 is 0 Å². The number of nitrogens with zero attached hydrogens (tertiary/aromatic N) is 2. The molecule has 0 aliphatic rings. The summed E-state index contributed by atoms with van der Waals surface area (Å²) >= 11 is 0. The van der Waals surface area contributed by atoms with Crippen LogP contribution in [0.3, 0.4) is 0 Å². The molecule has 0 saturated carbocycles. The molecular formula is C20H25N5O. The Balaban J connectivity index is 1.33. The quantitative estimate of drug-likeness (QED) is 0.331. The molecule has 3 N–H and O–H groups in total. The molecule has 0 saturated heterocycles. The van der Waals surface area contributed by atoms with Crippen LogP contribution in [0.5, 0.6) is 5.75 Å². The maximum Gasteiger partial charge on any atom is 0.190 e. The molecule has 136 valence electrons. The number of para-hydroxylation sites is 3. The predicted octanol–water partition coefficient (Wildman–Crippen LogP) is 2.74. The number of fused-ring (bicyclic) bond motifs is 1. The zero-order valence-corrected chi connectivity index (χ0v) is 15.0. The first-order valence-corrected chi connectivity index (χ1v) is 8.91. The van der Waals surface area contributed by atoms with Gasteiger partial charge in [-0.15, -0.1) is 0 Å². The van der Waals surface area contributed by atoms with Gasteiger partial charge in [-0.1, -0.05) is 30.3 Å². The lowest BCUT2D eigenvalue weighted by Crippen LogP contribution is -2.39. The summed E-state index contributed by atoms with van der Waals surface area (Å²) in [6.45, 7) is 2.24. The Hall–Kier alpha value is -3.02. The van der Waals surface area contributed by atoms with Crippen molar-refractivity contribution in [2.75, 3.05) is 26.7 Å². The molecule has 2 aromatic carbocycles. The molecule has 1 heterocycles. The lowest BCUT2D eigenvalue weighted by atomic mass is 10.3. The third kappa shape index (κ3) is 5.24. The maximum absolute atomic E-state index is 5.68. The van der Waals surface area contributed by atoms with Crippen LogP contribution in [0.1, 0.15) is 12.2 Å². The van der Waals surface area contributed by atoms with Gasteiger partial charge in [0.2, 0.25) is 0 Å². The van der Waals surface area contributed by atoms with E-state index in [9.17, 15) is 0 Å². The van der Waals surface area contributed by atoms with Crippen LogP contribution in [0.4, 0.5) is 0 Å². The Kier molecular flexibility index (Phi) is 6.47. The lowest BCUT2D eigenvalue weighted by Gasteiger charge is -2.11. The Morgan fingerprint density at radius 3 is 2.62 bits per heavy atom. The number of hydrogen-bond acceptors (Lipinski definition) is 3. The highest BCUT2D eigenvalue weighted by atomic mass is 16.5. The van der Waals surface area contributed by atoms with Gasteiger partial charge in [0, 0.05) is 26.6 Å². The van der Waals surface area contributed by atoms with Crippen molar-refractivity contribution < 1.29 is 4.74 Å². The molecule has 1 aromatic heterocycles. The molecular weight excluding hydrogens is 326 g/mol. The number of guanidine groups is 1. The van der Waals surface area contributed by atoms with Gasteiger partial charge in [-0.25, -0.2) is 4.98 Å². The minimum absolute atomic E-state index is 0.674. The summed E-state index contributed by atoms with van der Waals surface area (Å²) < 4.78 is 5.68. The molecule has 0 aliphatic heterocycles. The monoisotopic (exact) mass is 351 g/mol. The van der Waals surface area contributed by atoms with E-state index in [4.69, 9.17) is 4.74 Å². The smallest absolute Gasteiger partial charge is 0.190 e. The van der Waals surface area contributed by atoms with Crippen molar-refractivity contribution in [3.8, 4) is 5.75 Å². The van der Waals surface area contributed by atoms with Crippen molar-refractivity contribution in [3.63, 3.8) is 0 Å². The summed E-state index contributed by atoms with van der Waals surface area (Å²) in [4.78, 5) is 12.2. The number of aliphatic imine (C=N–C) groups is 1. The second-order valence-corrected chi connectivity index (χ2v) is 5.89. The van der Waals surface area contributed by atoms with Crippen LogP contribution in [0.25, 0.3) is 11.0 Å². The fourth-order valence-corrected chi connectivity index (χ4v) is 2.63. The summed E-state index contributed by atoms with van der Waals surface area (Å²) in [5, 5.41) is 6.61. The molecule has 0 unspecified atom stereocenters. The molecule has 6 heteroatoms. The van der Waals surface area contributed by atoms with E-state index >= 15 is 0 Å². The highest BCUT2D eigenvalue weighted by Gasteiger charge is 2.03. The largest absolute Gasteiger partial charge is 0.494 e. The van der Waals surface area contributed by atoms with Crippen LogP contribution in [0.15, 0.2) is 59.6 Å². The average molecular weight is 351 g/mol. The number of ether oxygens (including phenoxy) is 1. The molecule has 6 nitrogen and oxygen atoms in total. The van der Waals surface area contributed by atoms with Crippen molar-refractivity contribution in [3.05, 3.63) is 60.4 Å². The standard InChI is InChI=1S/C20H25N5O/c1-21-20(22-13-7-15-26-16-8-3-2-4-9-16)23-14-12-19-24-17-10-5-6-11-18(17)25-19/h2-6,8-11H,7,12-15H2,1H3,(H,24,25)(H2,21,22,23). The number of nitrogens with one attached hydrogen (secondary N) is 3. The van der Waals surface area contributed by atoms with Gasteiger partial charge in [-0.3, -0.25) is 4.99 Å². The summed E-state index contributed by atoms with van der Waals surface area (Å²) in [5.41, 5.74) is 2.08. The Morgan fingerprint density at radius 1 is 1.04 bits per heavy atom. The molecule has 26 heavy (non-hydrogen) atoms. The molecule has 3 aromatic rings. The van der Waals surface area contributed by atoms with Crippen molar-refractivity contribution in [2.24, 2.45) is 4.99 Å². The third-order valence-corrected chi connectivity index (χ3v) is 3.94. The van der Waals surface area contributed by atoms with Crippen LogP contribution in [0, 0.1) is 0 Å². The third-order valence-electron chi connectivity index (χ3n) is 3.94. The SMILES string of the molecule is CN=C(NCCCOc1ccccc1)NCCc1nc2ccccc2[nH]1. The van der Waals surface area contributed by atoms with Crippen LogP contribution in [-0.4, -0.2) is 42.7 Å². The van der Waals surface area contributed by atoms with E-state index in [1.54, 1.807) is 7.05 Å². The minimum atomic E-state index is 0.674. The average Bonchev–Trinajstić information content (AvgIpc) is 3.10. The summed E-state index contributed by atoms with van der Waals surface area (Å²) in [5.74, 6) is 2.67. The second kappa shape index (κ2) is 9.46. The molecule has 0 atom stereocenters. The summed E-state index contributed by atoms with van der Waals surface area (Å²) in [7, 11) is 1.77. The van der Waals surface area contributed by atoms with Gasteiger partial charge in [-0.2, -0.15) is 0 Å². The van der Waals surface area contributed by atoms with Crippen molar-refractivity contribution in [2.45, 2.75) is 12.8 Å². The Labute approximate surface area is 153 Å². The summed E-state index contributed by atoms with van der Waals surface area (Å²) in [6.07, 6.45) is 1.71. The Morgan fingerprint density at radius 2 is 1.81 bits per heavy atom. The maximum atomic E-state index is 5.68.